The molecule has 10 heavy (non-hydrogen) atoms. The van der Waals surface area contributed by atoms with E-state index in [1.54, 1.807) is 0 Å². The van der Waals surface area contributed by atoms with E-state index in [0.29, 0.717) is 0 Å². The Balaban J connectivity index is 0.000000180. The van der Waals surface area contributed by atoms with E-state index in [1.165, 1.54) is 0 Å². The fourth-order valence-electron chi connectivity index (χ4n) is 0.385. The normalized spacial score (nSPS) is 7.30. The van der Waals surface area contributed by atoms with Gasteiger partial charge in [0.1, 0.15) is 0 Å². The monoisotopic (exact) mass is 158 g/mol. The summed E-state index contributed by atoms with van der Waals surface area (Å²) in [5.74, 6) is 0. The third-order valence-corrected chi connectivity index (χ3v) is 0.667. The highest BCUT2D eigenvalue weighted by Crippen LogP contribution is 1.84. The van der Waals surface area contributed by atoms with Crippen molar-refractivity contribution in [1.29, 1.82) is 0 Å². The molecule has 0 heterocycles. The van der Waals surface area contributed by atoms with Crippen LogP contribution in [-0.2, 0) is 9.13 Å². The smallest absolute Gasteiger partial charge is 0.287 e. The van der Waals surface area contributed by atoms with Gasteiger partial charge in [-0.05, 0) is 0 Å². The largest absolute Gasteiger partial charge is 0.465 e. The predicted octanol–water partition coefficient (Wildman–Crippen LogP) is 1.75. The quantitative estimate of drug-likeness (QED) is 0.585. The van der Waals surface area contributed by atoms with Crippen LogP contribution in [0.4, 0.5) is 0 Å². The molecule has 0 aliphatic carbocycles. The van der Waals surface area contributed by atoms with Gasteiger partial charge in [-0.15, -0.1) is 0 Å². The summed E-state index contributed by atoms with van der Waals surface area (Å²) in [5, 5.41) is 0. The molecule has 0 saturated heterocycles. The van der Waals surface area contributed by atoms with Gasteiger partial charge in [-0.3, -0.25) is 4.89 Å². The van der Waals surface area contributed by atoms with E-state index in [-0.39, 0.29) is 0 Å². The van der Waals surface area contributed by atoms with Crippen molar-refractivity contribution in [3.8, 4) is 0 Å². The Morgan fingerprint density at radius 2 is 0.900 bits per heavy atom. The molecule has 4 heteroatoms. The minimum atomic E-state index is -3.12. The number of hydrogen-bond acceptors (Lipinski definition) is 2. The Morgan fingerprint density at radius 3 is 1.00 bits per heavy atom. The van der Waals surface area contributed by atoms with E-state index >= 15 is 0 Å². The van der Waals surface area contributed by atoms with Crippen LogP contribution in [0.2, 0.25) is 0 Å². The number of hydrogen-bond donors (Lipinski definition) is 1. The summed E-state index contributed by atoms with van der Waals surface area (Å²) in [7, 11) is -3.12. The van der Waals surface area contributed by atoms with Gasteiger partial charge in [0.05, 0.1) is 0 Å². The first-order valence-corrected chi connectivity index (χ1v) is 3.70. The third-order valence-electron chi connectivity index (χ3n) is 0.667. The van der Waals surface area contributed by atoms with E-state index in [9.17, 15) is 0 Å². The Labute approximate surface area is 59.2 Å². The lowest BCUT2D eigenvalue weighted by Gasteiger charge is -1.69. The molecule has 0 atom stereocenters. The average molecular weight is 158 g/mol. The van der Waals surface area contributed by atoms with Crippen LogP contribution in [0.3, 0.4) is 0 Å². The van der Waals surface area contributed by atoms with Crippen LogP contribution in [0.25, 0.3) is 0 Å². The second kappa shape index (κ2) is 6.20. The molecule has 0 aliphatic rings. The third kappa shape index (κ3) is 10.1. The first-order valence-electron chi connectivity index (χ1n) is 2.57. The second-order valence-electron chi connectivity index (χ2n) is 1.39. The number of benzene rings is 1. The first kappa shape index (κ1) is 9.08. The van der Waals surface area contributed by atoms with Crippen LogP contribution in [0, 0.1) is 0 Å². The van der Waals surface area contributed by atoms with E-state index in [2.05, 4.69) is 0 Å². The molecular formula is C6H7O3P. The molecule has 0 aromatic heterocycles. The van der Waals surface area contributed by atoms with Gasteiger partial charge in [0.25, 0.3) is 0 Å². The predicted molar refractivity (Wildman–Crippen MR) is 37.0 cm³/mol. The molecule has 0 bridgehead atoms. The van der Waals surface area contributed by atoms with Crippen LogP contribution < -0.4 is 0 Å². The maximum absolute atomic E-state index is 8.59. The summed E-state index contributed by atoms with van der Waals surface area (Å²) in [5.41, 5.74) is 0. The molecule has 1 N–H and O–H groups in total. The van der Waals surface area contributed by atoms with Crippen molar-refractivity contribution in [2.24, 2.45) is 0 Å². The molecule has 0 aliphatic heterocycles. The molecular weight excluding hydrogens is 151 g/mol. The highest BCUT2D eigenvalue weighted by atomic mass is 31.1. The fraction of sp³-hybridized carbons (Fsp3) is 0. The standard InChI is InChI=1S/C6H6.HO3P/c1-2-4-6-5-3-1;1-4(2)3/h1-6H;(H,1,2,3). The minimum absolute atomic E-state index is 2.00. The van der Waals surface area contributed by atoms with Crippen molar-refractivity contribution >= 4 is 7.91 Å². The molecule has 1 aromatic carbocycles. The Bertz CT molecular complexity index is 183. The van der Waals surface area contributed by atoms with Gasteiger partial charge in [0.2, 0.25) is 0 Å². The summed E-state index contributed by atoms with van der Waals surface area (Å²) >= 11 is 0. The SMILES string of the molecule is O=P(=O)O.c1ccccc1. The summed E-state index contributed by atoms with van der Waals surface area (Å²) in [6.07, 6.45) is 0. The van der Waals surface area contributed by atoms with Crippen molar-refractivity contribution < 1.29 is 14.0 Å². The number of rotatable bonds is 0. The van der Waals surface area contributed by atoms with E-state index in [1.807, 2.05) is 36.4 Å². The van der Waals surface area contributed by atoms with Crippen molar-refractivity contribution in [3.63, 3.8) is 0 Å². The second-order valence-corrected chi connectivity index (χ2v) is 1.87. The highest BCUT2D eigenvalue weighted by molar-refractivity contribution is 7.23. The molecule has 0 fully saturated rings. The Kier molecular flexibility index (Phi) is 5.63. The van der Waals surface area contributed by atoms with Gasteiger partial charge >= 0.3 is 7.91 Å². The highest BCUT2D eigenvalue weighted by Gasteiger charge is 1.58. The zero-order chi connectivity index (χ0) is 7.82. The molecule has 0 saturated carbocycles. The van der Waals surface area contributed by atoms with Gasteiger partial charge in [-0.1, -0.05) is 36.4 Å². The van der Waals surface area contributed by atoms with Crippen LogP contribution in [0.15, 0.2) is 36.4 Å². The van der Waals surface area contributed by atoms with Crippen molar-refractivity contribution in [2.45, 2.75) is 0 Å². The van der Waals surface area contributed by atoms with Gasteiger partial charge in [0, 0.05) is 0 Å². The van der Waals surface area contributed by atoms with Gasteiger partial charge in [0.15, 0.2) is 0 Å². The van der Waals surface area contributed by atoms with Gasteiger partial charge in [-0.25, -0.2) is 9.13 Å². The van der Waals surface area contributed by atoms with Crippen molar-refractivity contribution in [3.05, 3.63) is 36.4 Å². The fourth-order valence-corrected chi connectivity index (χ4v) is 0.385. The van der Waals surface area contributed by atoms with Crippen LogP contribution >= 0.6 is 7.91 Å². The molecule has 54 valence electrons. The summed E-state index contributed by atoms with van der Waals surface area (Å²) in [4.78, 5) is 7.01. The summed E-state index contributed by atoms with van der Waals surface area (Å²) < 4.78 is 17.2. The molecule has 0 unspecified atom stereocenters. The van der Waals surface area contributed by atoms with E-state index < -0.39 is 7.91 Å². The molecule has 1 aromatic rings. The lowest BCUT2D eigenvalue weighted by Crippen LogP contribution is -1.47. The minimum Gasteiger partial charge on any atom is -0.287 e. The Morgan fingerprint density at radius 1 is 0.800 bits per heavy atom. The first-order chi connectivity index (χ1) is 4.73. The zero-order valence-electron chi connectivity index (χ0n) is 5.18. The van der Waals surface area contributed by atoms with Crippen molar-refractivity contribution in [2.75, 3.05) is 0 Å². The van der Waals surface area contributed by atoms with E-state index in [4.69, 9.17) is 14.0 Å². The average Bonchev–Trinajstić information content (AvgIpc) is 1.90. The van der Waals surface area contributed by atoms with Crippen LogP contribution in [0.1, 0.15) is 0 Å². The van der Waals surface area contributed by atoms with Gasteiger partial charge in [-0.2, -0.15) is 0 Å². The topological polar surface area (TPSA) is 54.4 Å². The molecule has 0 amide bonds. The molecule has 0 spiro atoms. The summed E-state index contributed by atoms with van der Waals surface area (Å²) in [6, 6.07) is 12.0. The lowest BCUT2D eigenvalue weighted by atomic mass is 10.4. The molecule has 1 rings (SSSR count). The Hall–Kier alpha value is -0.920. The van der Waals surface area contributed by atoms with Crippen molar-refractivity contribution in [1.82, 2.24) is 0 Å². The maximum Gasteiger partial charge on any atom is 0.465 e. The molecule has 0 radical (unpaired) electrons. The lowest BCUT2D eigenvalue weighted by molar-refractivity contribution is 0.434. The molecule has 3 nitrogen and oxygen atoms in total. The summed E-state index contributed by atoms with van der Waals surface area (Å²) in [6.45, 7) is 0. The van der Waals surface area contributed by atoms with Crippen LogP contribution in [0.5, 0.6) is 0 Å². The van der Waals surface area contributed by atoms with Gasteiger partial charge < -0.3 is 0 Å². The maximum atomic E-state index is 8.59. The zero-order valence-corrected chi connectivity index (χ0v) is 6.07. The van der Waals surface area contributed by atoms with E-state index in [0.717, 1.165) is 0 Å². The van der Waals surface area contributed by atoms with Crippen LogP contribution in [-0.4, -0.2) is 4.89 Å².